The van der Waals surface area contributed by atoms with Gasteiger partial charge >= 0.3 is 0 Å². The molecule has 1 aromatic heterocycles. The Bertz CT molecular complexity index is 598. The molecular formula is C13H15N3OS. The van der Waals surface area contributed by atoms with Gasteiger partial charge in [-0.05, 0) is 31.2 Å². The molecule has 2 aromatic rings. The van der Waals surface area contributed by atoms with Crippen LogP contribution in [0.1, 0.15) is 5.69 Å². The van der Waals surface area contributed by atoms with Crippen molar-refractivity contribution in [1.29, 1.82) is 0 Å². The minimum atomic E-state index is 0.00604. The molecule has 1 aromatic carbocycles. The predicted octanol–water partition coefficient (Wildman–Crippen LogP) is 1.96. The van der Waals surface area contributed by atoms with Gasteiger partial charge in [0.05, 0.1) is 11.3 Å². The molecule has 0 radical (unpaired) electrons. The maximum absolute atomic E-state index is 11.3. The van der Waals surface area contributed by atoms with E-state index in [-0.39, 0.29) is 5.91 Å². The molecule has 0 aliphatic carbocycles. The van der Waals surface area contributed by atoms with E-state index in [9.17, 15) is 4.79 Å². The Kier molecular flexibility index (Phi) is 3.72. The van der Waals surface area contributed by atoms with Crippen molar-refractivity contribution in [3.05, 3.63) is 30.0 Å². The van der Waals surface area contributed by atoms with Gasteiger partial charge in [-0.2, -0.15) is 0 Å². The number of hydrogen-bond donors (Lipinski definition) is 2. The summed E-state index contributed by atoms with van der Waals surface area (Å²) in [5, 5.41) is 3.60. The number of nitrogen functional groups attached to an aromatic ring is 1. The monoisotopic (exact) mass is 261 g/mol. The molecule has 0 fully saturated rings. The van der Waals surface area contributed by atoms with Gasteiger partial charge in [0.15, 0.2) is 0 Å². The highest BCUT2D eigenvalue weighted by atomic mass is 32.2. The van der Waals surface area contributed by atoms with Crippen LogP contribution in [0.25, 0.3) is 10.9 Å². The summed E-state index contributed by atoms with van der Waals surface area (Å²) >= 11 is 1.50. The van der Waals surface area contributed by atoms with E-state index < -0.39 is 0 Å². The van der Waals surface area contributed by atoms with Crippen LogP contribution in [0.15, 0.2) is 29.2 Å². The number of pyridine rings is 1. The van der Waals surface area contributed by atoms with Gasteiger partial charge in [0.2, 0.25) is 5.91 Å². The number of anilines is 1. The summed E-state index contributed by atoms with van der Waals surface area (Å²) in [7, 11) is 1.64. The molecule has 0 unspecified atom stereocenters. The highest BCUT2D eigenvalue weighted by Gasteiger charge is 2.07. The average Bonchev–Trinajstić information content (AvgIpc) is 2.36. The smallest absolute Gasteiger partial charge is 0.230 e. The molecule has 0 saturated heterocycles. The maximum atomic E-state index is 11.3. The van der Waals surface area contributed by atoms with E-state index in [4.69, 9.17) is 5.73 Å². The van der Waals surface area contributed by atoms with Gasteiger partial charge in [-0.15, -0.1) is 11.8 Å². The highest BCUT2D eigenvalue weighted by Crippen LogP contribution is 2.29. The number of fused-ring (bicyclic) bond motifs is 1. The number of thioether (sulfide) groups is 1. The molecule has 0 saturated carbocycles. The number of benzene rings is 1. The summed E-state index contributed by atoms with van der Waals surface area (Å²) < 4.78 is 0. The van der Waals surface area contributed by atoms with Gasteiger partial charge < -0.3 is 11.1 Å². The zero-order chi connectivity index (χ0) is 13.1. The Morgan fingerprint density at radius 3 is 2.94 bits per heavy atom. The van der Waals surface area contributed by atoms with E-state index in [1.165, 1.54) is 11.8 Å². The lowest BCUT2D eigenvalue weighted by Gasteiger charge is -2.08. The number of amides is 1. The molecule has 94 valence electrons. The number of aryl methyl sites for hydroxylation is 1. The van der Waals surface area contributed by atoms with Crippen molar-refractivity contribution < 1.29 is 4.79 Å². The van der Waals surface area contributed by atoms with Gasteiger partial charge in [0, 0.05) is 28.7 Å². The van der Waals surface area contributed by atoms with Crippen LogP contribution in [-0.4, -0.2) is 23.7 Å². The Morgan fingerprint density at radius 1 is 1.44 bits per heavy atom. The third kappa shape index (κ3) is 2.73. The number of carbonyl (C=O) groups excluding carboxylic acids is 1. The van der Waals surface area contributed by atoms with Gasteiger partial charge in [-0.25, -0.2) is 0 Å². The van der Waals surface area contributed by atoms with E-state index in [2.05, 4.69) is 10.3 Å². The first-order chi connectivity index (χ1) is 8.60. The second-order valence-electron chi connectivity index (χ2n) is 4.00. The first-order valence-electron chi connectivity index (χ1n) is 5.60. The van der Waals surface area contributed by atoms with Gasteiger partial charge in [0.1, 0.15) is 0 Å². The predicted molar refractivity (Wildman–Crippen MR) is 75.7 cm³/mol. The molecule has 0 bridgehead atoms. The lowest BCUT2D eigenvalue weighted by atomic mass is 10.2. The fourth-order valence-electron chi connectivity index (χ4n) is 1.67. The topological polar surface area (TPSA) is 68.0 Å². The van der Waals surface area contributed by atoms with Crippen LogP contribution in [0.2, 0.25) is 0 Å². The Hall–Kier alpha value is -1.75. The molecule has 5 heteroatoms. The Balaban J connectivity index is 2.41. The Labute approximate surface area is 110 Å². The zero-order valence-electron chi connectivity index (χ0n) is 10.4. The van der Waals surface area contributed by atoms with E-state index in [0.717, 1.165) is 21.5 Å². The van der Waals surface area contributed by atoms with Crippen molar-refractivity contribution in [2.24, 2.45) is 0 Å². The van der Waals surface area contributed by atoms with Gasteiger partial charge in [-0.1, -0.05) is 0 Å². The molecule has 0 spiro atoms. The number of rotatable bonds is 3. The summed E-state index contributed by atoms with van der Waals surface area (Å²) in [6.45, 7) is 1.94. The number of nitrogens with two attached hydrogens (primary N) is 1. The molecule has 0 aliphatic heterocycles. The Morgan fingerprint density at radius 2 is 2.22 bits per heavy atom. The van der Waals surface area contributed by atoms with Crippen molar-refractivity contribution in [2.45, 2.75) is 11.8 Å². The molecule has 0 atom stereocenters. The average molecular weight is 261 g/mol. The van der Waals surface area contributed by atoms with Crippen molar-refractivity contribution in [3.8, 4) is 0 Å². The van der Waals surface area contributed by atoms with Crippen LogP contribution >= 0.6 is 11.8 Å². The summed E-state index contributed by atoms with van der Waals surface area (Å²) in [4.78, 5) is 16.8. The molecule has 1 amide bonds. The van der Waals surface area contributed by atoms with Crippen LogP contribution < -0.4 is 11.1 Å². The summed E-state index contributed by atoms with van der Waals surface area (Å²) in [6.07, 6.45) is 0. The minimum absolute atomic E-state index is 0.00604. The first kappa shape index (κ1) is 12.7. The number of hydrogen-bond acceptors (Lipinski definition) is 4. The zero-order valence-corrected chi connectivity index (χ0v) is 11.2. The SMILES string of the molecule is CNC(=O)CSc1cc(C)nc2ccc(N)cc12. The summed E-state index contributed by atoms with van der Waals surface area (Å²) in [5.74, 6) is 0.399. The summed E-state index contributed by atoms with van der Waals surface area (Å²) in [6, 6.07) is 7.62. The third-order valence-electron chi connectivity index (χ3n) is 2.56. The minimum Gasteiger partial charge on any atom is -0.399 e. The van der Waals surface area contributed by atoms with Crippen molar-refractivity contribution in [1.82, 2.24) is 10.3 Å². The molecule has 1 heterocycles. The first-order valence-corrected chi connectivity index (χ1v) is 6.59. The molecule has 3 N–H and O–H groups in total. The van der Waals surface area contributed by atoms with Crippen LogP contribution in [0.3, 0.4) is 0 Å². The normalized spacial score (nSPS) is 10.6. The third-order valence-corrected chi connectivity index (χ3v) is 3.62. The molecule has 18 heavy (non-hydrogen) atoms. The lowest BCUT2D eigenvalue weighted by Crippen LogP contribution is -2.19. The number of carbonyl (C=O) groups is 1. The number of aromatic nitrogens is 1. The second kappa shape index (κ2) is 5.27. The molecule has 4 nitrogen and oxygen atoms in total. The van der Waals surface area contributed by atoms with E-state index in [0.29, 0.717) is 11.4 Å². The van der Waals surface area contributed by atoms with E-state index >= 15 is 0 Å². The number of nitrogens with zero attached hydrogens (tertiary/aromatic N) is 1. The summed E-state index contributed by atoms with van der Waals surface area (Å²) in [5.41, 5.74) is 8.34. The van der Waals surface area contributed by atoms with Crippen LogP contribution in [-0.2, 0) is 4.79 Å². The maximum Gasteiger partial charge on any atom is 0.230 e. The van der Waals surface area contributed by atoms with Crippen LogP contribution in [0, 0.1) is 6.92 Å². The van der Waals surface area contributed by atoms with Gasteiger partial charge in [-0.3, -0.25) is 9.78 Å². The molecule has 0 aliphatic rings. The van der Waals surface area contributed by atoms with Crippen LogP contribution in [0.4, 0.5) is 5.69 Å². The van der Waals surface area contributed by atoms with Crippen molar-refractivity contribution in [2.75, 3.05) is 18.5 Å². The van der Waals surface area contributed by atoms with E-state index in [1.54, 1.807) is 7.05 Å². The highest BCUT2D eigenvalue weighted by molar-refractivity contribution is 8.00. The van der Waals surface area contributed by atoms with E-state index in [1.807, 2.05) is 31.2 Å². The van der Waals surface area contributed by atoms with Crippen molar-refractivity contribution in [3.63, 3.8) is 0 Å². The van der Waals surface area contributed by atoms with Crippen LogP contribution in [0.5, 0.6) is 0 Å². The fraction of sp³-hybridized carbons (Fsp3) is 0.231. The quantitative estimate of drug-likeness (QED) is 0.654. The fourth-order valence-corrected chi connectivity index (χ4v) is 2.68. The van der Waals surface area contributed by atoms with Crippen molar-refractivity contribution >= 4 is 34.3 Å². The second-order valence-corrected chi connectivity index (χ2v) is 5.02. The number of nitrogens with one attached hydrogen (secondary N) is 1. The standard InChI is InChI=1S/C13H15N3OS/c1-8-5-12(18-7-13(17)15-2)10-6-9(14)3-4-11(10)16-8/h3-6H,7,14H2,1-2H3,(H,15,17). The van der Waals surface area contributed by atoms with Gasteiger partial charge in [0.25, 0.3) is 0 Å². The largest absolute Gasteiger partial charge is 0.399 e. The molecular weight excluding hydrogens is 246 g/mol. The molecule has 2 rings (SSSR count). The lowest BCUT2D eigenvalue weighted by molar-refractivity contribution is -0.118.